The van der Waals surface area contributed by atoms with Gasteiger partial charge in [-0.05, 0) is 96.5 Å². The summed E-state index contributed by atoms with van der Waals surface area (Å²) in [6.45, 7) is 17.2. The van der Waals surface area contributed by atoms with Crippen LogP contribution in [0, 0.1) is 23.7 Å². The Morgan fingerprint density at radius 1 is 0.969 bits per heavy atom. The summed E-state index contributed by atoms with van der Waals surface area (Å²) in [6, 6.07) is -3.28. The van der Waals surface area contributed by atoms with Crippen LogP contribution in [-0.4, -0.2) is 145 Å². The summed E-state index contributed by atoms with van der Waals surface area (Å²) in [6.07, 6.45) is 6.24. The normalized spacial score (nSPS) is 27.8. The molecule has 3 saturated heterocycles. The van der Waals surface area contributed by atoms with E-state index in [-0.39, 0.29) is 60.6 Å². The van der Waals surface area contributed by atoms with E-state index >= 15 is 0 Å². The molecule has 4 N–H and O–H groups in total. The number of thioether (sulfide) groups is 1. The Morgan fingerprint density at radius 2 is 1.67 bits per heavy atom. The molecule has 4 fully saturated rings. The molecular formula is C46H75N5O12S. The Labute approximate surface area is 383 Å². The predicted molar refractivity (Wildman–Crippen MR) is 241 cm³/mol. The van der Waals surface area contributed by atoms with Crippen molar-refractivity contribution < 1.29 is 57.2 Å². The maximum absolute atomic E-state index is 13.4. The largest absolute Gasteiger partial charge is 0.462 e. The van der Waals surface area contributed by atoms with Crippen molar-refractivity contribution in [2.75, 3.05) is 45.4 Å². The molecule has 0 bridgehead atoms. The molecule has 5 amide bonds. The number of ether oxygens (including phenoxy) is 5. The van der Waals surface area contributed by atoms with Crippen LogP contribution in [0.4, 0.5) is 4.79 Å². The first-order chi connectivity index (χ1) is 30.2. The second kappa shape index (κ2) is 23.6. The van der Waals surface area contributed by atoms with Crippen molar-refractivity contribution >= 4 is 53.2 Å². The summed E-state index contributed by atoms with van der Waals surface area (Å²) in [5.74, 6) is -3.15. The highest BCUT2D eigenvalue weighted by Crippen LogP contribution is 2.59. The number of hydrogen-bond acceptors (Lipinski definition) is 13. The molecule has 3 heterocycles. The van der Waals surface area contributed by atoms with Crippen LogP contribution in [0.3, 0.4) is 0 Å². The van der Waals surface area contributed by atoms with Crippen molar-refractivity contribution in [3.8, 4) is 0 Å². The lowest BCUT2D eigenvalue weighted by Gasteiger charge is -2.42. The van der Waals surface area contributed by atoms with E-state index in [9.17, 15) is 33.6 Å². The van der Waals surface area contributed by atoms with Gasteiger partial charge in [-0.1, -0.05) is 39.3 Å². The molecule has 18 heteroatoms. The zero-order valence-corrected chi connectivity index (χ0v) is 40.7. The molecule has 0 unspecified atom stereocenters. The van der Waals surface area contributed by atoms with Gasteiger partial charge in [-0.2, -0.15) is 11.8 Å². The van der Waals surface area contributed by atoms with Gasteiger partial charge < -0.3 is 49.9 Å². The minimum absolute atomic E-state index is 0.00736. The van der Waals surface area contributed by atoms with Gasteiger partial charge in [0, 0.05) is 32.9 Å². The number of amides is 5. The SMILES string of the molecule is CO[C@@H]1[C@H](OC(=O)N[C@@H](COC(=O)[C@H](C)NC(=O)[C@H](CCSC)NC(=O)CNC(=O)[C@@H](CC(=O)[C@@H]2CCCN2C(C)=O)CC(C)C)C(C)C)CC[C@]2(CO2)[C@H]1[C@@]1(C)O[C@@H]1CC=C(C)C. The van der Waals surface area contributed by atoms with E-state index in [0.717, 1.165) is 12.8 Å². The Kier molecular flexibility index (Phi) is 19.5. The number of Topliss-reactive ketones (excluding diaryl/α,β-unsaturated/α-hetero) is 1. The van der Waals surface area contributed by atoms with Crippen molar-refractivity contribution in [2.45, 2.75) is 167 Å². The standard InChI is InChI=1S/C46H75N5O12S/c1-26(2)14-15-37-45(9,63-37)40-39(59-10)36(16-18-46(40)25-61-46)62-44(58)50-33(28(5)6)24-60-43(57)29(7)48-42(56)32(17-20-64-11)49-38(54)23-47-41(55)31(21-27(3)4)22-35(53)34-13-12-19-51(34)30(8)52/h14,27-29,31-34,36-37,39-40H,12-13,15-25H2,1-11H3,(H,47,55)(H,48,56)(H,49,54)(H,50,58)/t29-,31+,32-,33-,34-,36+,37+,39+,40+,45-,46-/m0/s1. The molecule has 0 aromatic carbocycles. The van der Waals surface area contributed by atoms with E-state index < -0.39 is 84.2 Å². The lowest BCUT2D eigenvalue weighted by molar-refractivity contribution is -0.148. The Bertz CT molecular complexity index is 1700. The van der Waals surface area contributed by atoms with E-state index in [1.165, 1.54) is 31.2 Å². The number of likely N-dealkylation sites (tertiary alicyclic amines) is 1. The second-order valence-corrected chi connectivity index (χ2v) is 20.1. The van der Waals surface area contributed by atoms with Crippen molar-refractivity contribution in [1.29, 1.82) is 0 Å². The fraction of sp³-hybridized carbons (Fsp3) is 0.804. The Balaban J connectivity index is 1.27. The van der Waals surface area contributed by atoms with Gasteiger partial charge in [0.25, 0.3) is 0 Å². The number of alkyl carbamates (subject to hydrolysis) is 1. The highest BCUT2D eigenvalue weighted by molar-refractivity contribution is 7.98. The summed E-state index contributed by atoms with van der Waals surface area (Å²) in [5, 5.41) is 10.8. The fourth-order valence-electron chi connectivity index (χ4n) is 9.23. The number of nitrogens with one attached hydrogen (secondary N) is 4. The number of epoxide rings is 2. The summed E-state index contributed by atoms with van der Waals surface area (Å²) in [7, 11) is 1.61. The van der Waals surface area contributed by atoms with Crippen LogP contribution >= 0.6 is 11.8 Å². The molecule has 362 valence electrons. The topological polar surface area (TPSA) is 224 Å². The molecular weight excluding hydrogens is 847 g/mol. The van der Waals surface area contributed by atoms with Crippen LogP contribution in [0.15, 0.2) is 11.6 Å². The lowest BCUT2D eigenvalue weighted by Crippen LogP contribution is -2.56. The smallest absolute Gasteiger partial charge is 0.407 e. The van der Waals surface area contributed by atoms with Crippen LogP contribution < -0.4 is 21.3 Å². The minimum atomic E-state index is -1.10. The highest BCUT2D eigenvalue weighted by Gasteiger charge is 2.72. The third-order valence-corrected chi connectivity index (χ3v) is 13.7. The van der Waals surface area contributed by atoms with Gasteiger partial charge in [0.15, 0.2) is 5.78 Å². The number of rotatable bonds is 24. The van der Waals surface area contributed by atoms with E-state index in [4.69, 9.17) is 23.7 Å². The monoisotopic (exact) mass is 922 g/mol. The van der Waals surface area contributed by atoms with Gasteiger partial charge in [-0.15, -0.1) is 0 Å². The number of allylic oxidation sites excluding steroid dienone is 1. The molecule has 1 aliphatic carbocycles. The van der Waals surface area contributed by atoms with E-state index in [2.05, 4.69) is 48.1 Å². The van der Waals surface area contributed by atoms with Crippen molar-refractivity contribution in [2.24, 2.45) is 23.7 Å². The van der Waals surface area contributed by atoms with Crippen molar-refractivity contribution in [3.05, 3.63) is 11.6 Å². The maximum atomic E-state index is 13.4. The fourth-order valence-corrected chi connectivity index (χ4v) is 9.71. The van der Waals surface area contributed by atoms with Gasteiger partial charge in [-0.25, -0.2) is 9.59 Å². The third-order valence-electron chi connectivity index (χ3n) is 13.0. The average Bonchev–Trinajstić information content (AvgIpc) is 4.08. The molecule has 64 heavy (non-hydrogen) atoms. The summed E-state index contributed by atoms with van der Waals surface area (Å²) in [5.41, 5.74) is 0.352. The molecule has 0 aromatic heterocycles. The number of carbonyl (C=O) groups excluding carboxylic acids is 7. The molecule has 17 nitrogen and oxygen atoms in total. The molecule has 1 spiro atoms. The number of ketones is 1. The minimum Gasteiger partial charge on any atom is -0.462 e. The molecule has 11 atom stereocenters. The Morgan fingerprint density at radius 3 is 2.27 bits per heavy atom. The van der Waals surface area contributed by atoms with Gasteiger partial charge in [0.1, 0.15) is 42.1 Å². The average molecular weight is 922 g/mol. The highest BCUT2D eigenvalue weighted by atomic mass is 32.2. The van der Waals surface area contributed by atoms with E-state index in [1.54, 1.807) is 12.0 Å². The second-order valence-electron chi connectivity index (χ2n) is 19.2. The first kappa shape index (κ1) is 52.9. The number of nitrogens with zero attached hydrogens (tertiary/aromatic N) is 1. The van der Waals surface area contributed by atoms with Crippen LogP contribution in [0.25, 0.3) is 0 Å². The molecule has 3 aliphatic heterocycles. The summed E-state index contributed by atoms with van der Waals surface area (Å²) < 4.78 is 29.9. The van der Waals surface area contributed by atoms with Crippen LogP contribution in [0.5, 0.6) is 0 Å². The third kappa shape index (κ3) is 14.4. The summed E-state index contributed by atoms with van der Waals surface area (Å²) in [4.78, 5) is 93.2. The van der Waals surface area contributed by atoms with Crippen LogP contribution in [0.2, 0.25) is 0 Å². The van der Waals surface area contributed by atoms with Crippen LogP contribution in [-0.2, 0) is 52.5 Å². The summed E-state index contributed by atoms with van der Waals surface area (Å²) >= 11 is 1.47. The van der Waals surface area contributed by atoms with Crippen LogP contribution in [0.1, 0.15) is 114 Å². The van der Waals surface area contributed by atoms with E-state index in [1.807, 2.05) is 34.0 Å². The lowest BCUT2D eigenvalue weighted by atomic mass is 9.68. The first-order valence-corrected chi connectivity index (χ1v) is 24.3. The molecule has 4 rings (SSSR count). The van der Waals surface area contributed by atoms with Gasteiger partial charge >= 0.3 is 12.1 Å². The number of methoxy groups -OCH3 is 1. The predicted octanol–water partition coefficient (Wildman–Crippen LogP) is 3.85. The van der Waals surface area contributed by atoms with Gasteiger partial charge in [0.2, 0.25) is 23.6 Å². The van der Waals surface area contributed by atoms with Gasteiger partial charge in [-0.3, -0.25) is 24.0 Å². The molecule has 0 radical (unpaired) electrons. The van der Waals surface area contributed by atoms with Crippen molar-refractivity contribution in [1.82, 2.24) is 26.2 Å². The maximum Gasteiger partial charge on any atom is 0.407 e. The molecule has 0 aromatic rings. The van der Waals surface area contributed by atoms with Gasteiger partial charge in [0.05, 0.1) is 37.3 Å². The number of hydrogen-bond donors (Lipinski definition) is 4. The molecule has 4 aliphatic rings. The zero-order valence-electron chi connectivity index (χ0n) is 39.9. The number of carbonyl (C=O) groups is 7. The molecule has 1 saturated carbocycles. The zero-order chi connectivity index (χ0) is 47.5. The Hall–Kier alpha value is -3.74. The first-order valence-electron chi connectivity index (χ1n) is 22.9. The number of esters is 1. The van der Waals surface area contributed by atoms with E-state index in [0.29, 0.717) is 44.6 Å². The quantitative estimate of drug-likeness (QED) is 0.0615. The van der Waals surface area contributed by atoms with Crippen molar-refractivity contribution in [3.63, 3.8) is 0 Å².